The molecule has 1 heterocycles. The van der Waals surface area contributed by atoms with Crippen LogP contribution in [0.2, 0.25) is 5.02 Å². The Morgan fingerprint density at radius 3 is 2.48 bits per heavy atom. The fourth-order valence-corrected chi connectivity index (χ4v) is 3.93. The second-order valence-corrected chi connectivity index (χ2v) is 8.17. The number of amides is 3. The molecule has 1 fully saturated rings. The summed E-state index contributed by atoms with van der Waals surface area (Å²) in [7, 11) is -4.35. The summed E-state index contributed by atoms with van der Waals surface area (Å²) < 4.78 is 66.1. The molecule has 0 unspecified atom stereocenters. The van der Waals surface area contributed by atoms with E-state index < -0.39 is 43.6 Å². The van der Waals surface area contributed by atoms with Crippen molar-refractivity contribution in [3.63, 3.8) is 0 Å². The van der Waals surface area contributed by atoms with Gasteiger partial charge < -0.3 is 5.32 Å². The normalized spacial score (nSPS) is 14.8. The molecule has 29 heavy (non-hydrogen) atoms. The van der Waals surface area contributed by atoms with E-state index in [1.165, 1.54) is 18.2 Å². The molecule has 12 heteroatoms. The lowest BCUT2D eigenvalue weighted by molar-refractivity contribution is -0.137. The Kier molecular flexibility index (Phi) is 5.46. The predicted octanol–water partition coefficient (Wildman–Crippen LogP) is 3.21. The third-order valence-corrected chi connectivity index (χ3v) is 5.72. The molecule has 2 aromatic carbocycles. The van der Waals surface area contributed by atoms with E-state index in [2.05, 4.69) is 10.0 Å². The van der Waals surface area contributed by atoms with Gasteiger partial charge in [-0.3, -0.25) is 14.4 Å². The van der Waals surface area contributed by atoms with Gasteiger partial charge in [0, 0.05) is 5.69 Å². The number of halogens is 4. The molecular weight excluding hydrogens is 435 g/mol. The van der Waals surface area contributed by atoms with Crippen LogP contribution < -0.4 is 10.0 Å². The Morgan fingerprint density at radius 1 is 1.14 bits per heavy atom. The fraction of sp³-hybridized carbons (Fsp3) is 0.176. The van der Waals surface area contributed by atoms with Crippen LogP contribution in [0.15, 0.2) is 47.4 Å². The monoisotopic (exact) mass is 447 g/mol. The summed E-state index contributed by atoms with van der Waals surface area (Å²) >= 11 is 5.52. The number of rotatable bonds is 5. The highest BCUT2D eigenvalue weighted by Crippen LogP contribution is 2.36. The zero-order chi connectivity index (χ0) is 21.4. The second-order valence-electron chi connectivity index (χ2n) is 6.08. The highest BCUT2D eigenvalue weighted by atomic mass is 35.5. The van der Waals surface area contributed by atoms with Gasteiger partial charge in [-0.2, -0.15) is 13.2 Å². The molecule has 0 spiro atoms. The summed E-state index contributed by atoms with van der Waals surface area (Å²) in [5.74, 6) is -0.429. The number of nitrogens with zero attached hydrogens (tertiary/aromatic N) is 1. The molecule has 0 atom stereocenters. The van der Waals surface area contributed by atoms with Gasteiger partial charge in [0.05, 0.1) is 28.6 Å². The quantitative estimate of drug-likeness (QED) is 0.688. The summed E-state index contributed by atoms with van der Waals surface area (Å²) in [5.41, 5.74) is -0.768. The largest absolute Gasteiger partial charge is 0.417 e. The van der Waals surface area contributed by atoms with Gasteiger partial charge in [-0.05, 0) is 35.9 Å². The van der Waals surface area contributed by atoms with Crippen molar-refractivity contribution in [1.29, 1.82) is 0 Å². The number of anilines is 1. The average Bonchev–Trinajstić information content (AvgIpc) is 2.93. The molecule has 0 bridgehead atoms. The maximum absolute atomic E-state index is 13.0. The first kappa shape index (κ1) is 20.9. The zero-order valence-electron chi connectivity index (χ0n) is 14.5. The molecule has 0 radical (unpaired) electrons. The van der Waals surface area contributed by atoms with Gasteiger partial charge >= 0.3 is 12.2 Å². The van der Waals surface area contributed by atoms with Crippen LogP contribution in [0.4, 0.5) is 23.7 Å². The smallest absolute Gasteiger partial charge is 0.329 e. The number of carbonyl (C=O) groups excluding carboxylic acids is 2. The van der Waals surface area contributed by atoms with E-state index in [0.29, 0.717) is 11.6 Å². The highest BCUT2D eigenvalue weighted by Gasteiger charge is 2.34. The first-order valence-corrected chi connectivity index (χ1v) is 9.90. The van der Waals surface area contributed by atoms with Gasteiger partial charge in [0.1, 0.15) is 0 Å². The van der Waals surface area contributed by atoms with Crippen LogP contribution in [0.5, 0.6) is 0 Å². The van der Waals surface area contributed by atoms with E-state index in [9.17, 15) is 31.2 Å². The van der Waals surface area contributed by atoms with E-state index in [-0.39, 0.29) is 18.8 Å². The zero-order valence-corrected chi connectivity index (χ0v) is 16.0. The lowest BCUT2D eigenvalue weighted by atomic mass is 10.2. The summed E-state index contributed by atoms with van der Waals surface area (Å²) in [6.45, 7) is -0.206. The standard InChI is InChI=1S/C17H13ClF3N3O4S/c18-14-5-4-12(7-13(14)17(19,20)21)29(27,28)23-11-3-1-2-10(6-11)9-24-15(25)8-22-16(24)26/h1-7,23H,8-9H2,(H,22,26). The Morgan fingerprint density at radius 2 is 1.86 bits per heavy atom. The highest BCUT2D eigenvalue weighted by molar-refractivity contribution is 7.92. The molecule has 154 valence electrons. The van der Waals surface area contributed by atoms with E-state index in [1.807, 2.05) is 0 Å². The van der Waals surface area contributed by atoms with E-state index in [4.69, 9.17) is 11.6 Å². The van der Waals surface area contributed by atoms with Crippen LogP contribution in [-0.2, 0) is 27.5 Å². The molecule has 0 saturated carbocycles. The van der Waals surface area contributed by atoms with E-state index in [0.717, 1.165) is 17.0 Å². The number of benzene rings is 2. The van der Waals surface area contributed by atoms with Crippen molar-refractivity contribution in [2.45, 2.75) is 17.6 Å². The fourth-order valence-electron chi connectivity index (χ4n) is 2.63. The predicted molar refractivity (Wildman–Crippen MR) is 97.7 cm³/mol. The number of hydrogen-bond acceptors (Lipinski definition) is 4. The Balaban J connectivity index is 1.84. The Bertz CT molecular complexity index is 1070. The van der Waals surface area contributed by atoms with Crippen LogP contribution in [-0.4, -0.2) is 31.8 Å². The molecule has 3 rings (SSSR count). The Hall–Kier alpha value is -2.79. The second kappa shape index (κ2) is 7.56. The first-order chi connectivity index (χ1) is 13.5. The van der Waals surface area contributed by atoms with Gasteiger partial charge in [-0.15, -0.1) is 0 Å². The molecule has 1 aliphatic heterocycles. The molecule has 2 N–H and O–H groups in total. The van der Waals surface area contributed by atoms with Gasteiger partial charge in [-0.1, -0.05) is 23.7 Å². The van der Waals surface area contributed by atoms with Gasteiger partial charge in [0.2, 0.25) is 5.91 Å². The minimum atomic E-state index is -4.81. The van der Waals surface area contributed by atoms with E-state index >= 15 is 0 Å². The van der Waals surface area contributed by atoms with E-state index in [1.54, 1.807) is 6.07 Å². The van der Waals surface area contributed by atoms with Gasteiger partial charge in [0.15, 0.2) is 0 Å². The molecule has 3 amide bonds. The average molecular weight is 448 g/mol. The first-order valence-electron chi connectivity index (χ1n) is 8.04. The van der Waals surface area contributed by atoms with Crippen LogP contribution in [0.3, 0.4) is 0 Å². The number of urea groups is 1. The van der Waals surface area contributed by atoms with Crippen LogP contribution in [0.1, 0.15) is 11.1 Å². The molecule has 1 saturated heterocycles. The van der Waals surface area contributed by atoms with Crippen molar-refractivity contribution < 1.29 is 31.2 Å². The maximum Gasteiger partial charge on any atom is 0.417 e. The van der Waals surface area contributed by atoms with Crippen molar-refractivity contribution in [2.24, 2.45) is 0 Å². The van der Waals surface area contributed by atoms with Crippen molar-refractivity contribution in [2.75, 3.05) is 11.3 Å². The van der Waals surface area contributed by atoms with Crippen molar-refractivity contribution >= 4 is 39.2 Å². The lowest BCUT2D eigenvalue weighted by Gasteiger charge is -2.15. The number of sulfonamides is 1. The molecule has 7 nitrogen and oxygen atoms in total. The third-order valence-electron chi connectivity index (χ3n) is 4.01. The summed E-state index contributed by atoms with van der Waals surface area (Å²) in [5, 5.41) is 1.74. The molecule has 2 aromatic rings. The van der Waals surface area contributed by atoms with Crippen molar-refractivity contribution in [1.82, 2.24) is 10.2 Å². The van der Waals surface area contributed by atoms with Crippen molar-refractivity contribution in [3.05, 3.63) is 58.6 Å². The van der Waals surface area contributed by atoms with Crippen LogP contribution in [0, 0.1) is 0 Å². The molecule has 1 aliphatic rings. The van der Waals surface area contributed by atoms with Crippen molar-refractivity contribution in [3.8, 4) is 0 Å². The van der Waals surface area contributed by atoms with Crippen LogP contribution in [0.25, 0.3) is 0 Å². The summed E-state index contributed by atoms with van der Waals surface area (Å²) in [4.78, 5) is 23.6. The minimum absolute atomic E-state index is 0.0538. The Labute approximate surface area is 168 Å². The number of alkyl halides is 3. The molecular formula is C17H13ClF3N3O4S. The van der Waals surface area contributed by atoms with Gasteiger partial charge in [-0.25, -0.2) is 13.2 Å². The topological polar surface area (TPSA) is 95.6 Å². The minimum Gasteiger partial charge on any atom is -0.329 e. The lowest BCUT2D eigenvalue weighted by Crippen LogP contribution is -2.30. The third kappa shape index (κ3) is 4.62. The SMILES string of the molecule is O=C1CNC(=O)N1Cc1cccc(NS(=O)(=O)c2ccc(Cl)c(C(F)(F)F)c2)c1. The summed E-state index contributed by atoms with van der Waals surface area (Å²) in [6.07, 6.45) is -4.81. The van der Waals surface area contributed by atoms with Crippen LogP contribution >= 0.6 is 11.6 Å². The molecule has 0 aromatic heterocycles. The van der Waals surface area contributed by atoms with Gasteiger partial charge in [0.25, 0.3) is 10.0 Å². The molecule has 0 aliphatic carbocycles. The summed E-state index contributed by atoms with van der Waals surface area (Å²) in [6, 6.07) is 7.49. The maximum atomic E-state index is 13.0. The number of carbonyl (C=O) groups is 2. The number of hydrogen-bond donors (Lipinski definition) is 2. The number of imide groups is 1. The number of nitrogens with one attached hydrogen (secondary N) is 2.